The van der Waals surface area contributed by atoms with Gasteiger partial charge in [0.05, 0.1) is 6.61 Å². The molecule has 1 atom stereocenters. The van der Waals surface area contributed by atoms with E-state index in [1.165, 1.54) is 11.1 Å². The van der Waals surface area contributed by atoms with Gasteiger partial charge < -0.3 is 10.8 Å². The van der Waals surface area contributed by atoms with E-state index in [1.54, 1.807) is 0 Å². The summed E-state index contributed by atoms with van der Waals surface area (Å²) in [5, 5.41) is 9.96. The van der Waals surface area contributed by atoms with Gasteiger partial charge in [0, 0.05) is 16.4 Å². The fourth-order valence-electron chi connectivity index (χ4n) is 2.52. The smallest absolute Gasteiger partial charge is 0.0543 e. The molecule has 0 saturated carbocycles. The van der Waals surface area contributed by atoms with Crippen LogP contribution in [0.3, 0.4) is 0 Å². The third-order valence-corrected chi connectivity index (χ3v) is 4.25. The van der Waals surface area contributed by atoms with Gasteiger partial charge in [-0.2, -0.15) is 0 Å². The second-order valence-corrected chi connectivity index (χ2v) is 6.23. The minimum Gasteiger partial charge on any atom is -0.395 e. The number of benzene rings is 2. The van der Waals surface area contributed by atoms with Crippen molar-refractivity contribution in [2.24, 2.45) is 5.73 Å². The summed E-state index contributed by atoms with van der Waals surface area (Å²) >= 11 is 3.49. The van der Waals surface area contributed by atoms with Crippen LogP contribution in [0, 0.1) is 6.92 Å². The van der Waals surface area contributed by atoms with Crippen molar-refractivity contribution in [2.75, 3.05) is 13.2 Å². The van der Waals surface area contributed by atoms with E-state index in [0.29, 0.717) is 6.54 Å². The highest BCUT2D eigenvalue weighted by Crippen LogP contribution is 2.29. The van der Waals surface area contributed by atoms with Gasteiger partial charge in [-0.15, -0.1) is 0 Å². The summed E-state index contributed by atoms with van der Waals surface area (Å²) in [4.78, 5) is 0. The number of aryl methyl sites for hydroxylation is 1. The molecule has 20 heavy (non-hydrogen) atoms. The average molecular weight is 334 g/mol. The Morgan fingerprint density at radius 3 is 2.50 bits per heavy atom. The summed E-state index contributed by atoms with van der Waals surface area (Å²) < 4.78 is 1.04. The topological polar surface area (TPSA) is 46.2 Å². The largest absolute Gasteiger partial charge is 0.395 e. The van der Waals surface area contributed by atoms with Crippen LogP contribution >= 0.6 is 15.9 Å². The van der Waals surface area contributed by atoms with E-state index in [0.717, 1.165) is 16.5 Å². The minimum absolute atomic E-state index is 0.0411. The van der Waals surface area contributed by atoms with E-state index in [4.69, 9.17) is 5.73 Å². The van der Waals surface area contributed by atoms with E-state index in [-0.39, 0.29) is 6.61 Å². The van der Waals surface area contributed by atoms with Crippen LogP contribution in [-0.2, 0) is 11.8 Å². The summed E-state index contributed by atoms with van der Waals surface area (Å²) in [7, 11) is 0. The molecule has 3 heteroatoms. The Kier molecular flexibility index (Phi) is 4.97. The third kappa shape index (κ3) is 3.29. The monoisotopic (exact) mass is 333 g/mol. The molecule has 0 aliphatic rings. The molecule has 1 unspecified atom stereocenters. The van der Waals surface area contributed by atoms with E-state index in [9.17, 15) is 5.11 Å². The van der Waals surface area contributed by atoms with Crippen molar-refractivity contribution in [3.63, 3.8) is 0 Å². The molecule has 0 bridgehead atoms. The van der Waals surface area contributed by atoms with E-state index >= 15 is 0 Å². The predicted molar refractivity (Wildman–Crippen MR) is 86.8 cm³/mol. The van der Waals surface area contributed by atoms with Crippen molar-refractivity contribution in [1.29, 1.82) is 0 Å². The Bertz CT molecular complexity index is 579. The molecule has 2 aromatic carbocycles. The van der Waals surface area contributed by atoms with Gasteiger partial charge in [-0.3, -0.25) is 0 Å². The fourth-order valence-corrected chi connectivity index (χ4v) is 2.96. The zero-order valence-electron chi connectivity index (χ0n) is 11.6. The van der Waals surface area contributed by atoms with Crippen LogP contribution < -0.4 is 5.73 Å². The summed E-state index contributed by atoms with van der Waals surface area (Å²) in [5.74, 6) is 0. The first-order chi connectivity index (χ1) is 9.59. The molecule has 0 radical (unpaired) electrons. The van der Waals surface area contributed by atoms with Gasteiger partial charge in [0.1, 0.15) is 0 Å². The lowest BCUT2D eigenvalue weighted by Gasteiger charge is -2.31. The van der Waals surface area contributed by atoms with Gasteiger partial charge in [0.2, 0.25) is 0 Å². The van der Waals surface area contributed by atoms with Gasteiger partial charge in [0.15, 0.2) is 0 Å². The lowest BCUT2D eigenvalue weighted by atomic mass is 9.76. The quantitative estimate of drug-likeness (QED) is 0.882. The highest BCUT2D eigenvalue weighted by molar-refractivity contribution is 9.10. The van der Waals surface area contributed by atoms with E-state index in [1.807, 2.05) is 24.3 Å². The average Bonchev–Trinajstić information content (AvgIpc) is 2.45. The lowest BCUT2D eigenvalue weighted by molar-refractivity contribution is 0.196. The molecule has 3 N–H and O–H groups in total. The van der Waals surface area contributed by atoms with E-state index < -0.39 is 5.41 Å². The number of halogens is 1. The molecule has 0 saturated heterocycles. The highest BCUT2D eigenvalue weighted by Gasteiger charge is 2.30. The molecular formula is C17H20BrNO. The molecule has 0 aromatic heterocycles. The van der Waals surface area contributed by atoms with Crippen molar-refractivity contribution >= 4 is 15.9 Å². The van der Waals surface area contributed by atoms with Crippen molar-refractivity contribution in [2.45, 2.75) is 18.8 Å². The standard InChI is InChI=1S/C17H20BrNO/c1-13-4-2-6-15(8-13)17(11-19,12-20)10-14-5-3-7-16(18)9-14/h2-9,20H,10-12,19H2,1H3. The molecule has 0 fully saturated rings. The molecule has 0 heterocycles. The van der Waals surface area contributed by atoms with Crippen LogP contribution in [0.4, 0.5) is 0 Å². The van der Waals surface area contributed by atoms with Crippen LogP contribution in [-0.4, -0.2) is 18.3 Å². The Morgan fingerprint density at radius 1 is 1.15 bits per heavy atom. The molecule has 2 rings (SSSR count). The number of hydrogen-bond donors (Lipinski definition) is 2. The Labute approximate surface area is 128 Å². The van der Waals surface area contributed by atoms with Crippen molar-refractivity contribution in [3.05, 3.63) is 69.7 Å². The number of nitrogens with two attached hydrogens (primary N) is 1. The van der Waals surface area contributed by atoms with Crippen LogP contribution in [0.1, 0.15) is 16.7 Å². The van der Waals surface area contributed by atoms with Gasteiger partial charge in [-0.1, -0.05) is 57.9 Å². The predicted octanol–water partition coefficient (Wildman–Crippen LogP) is 3.19. The Morgan fingerprint density at radius 2 is 1.90 bits per heavy atom. The van der Waals surface area contributed by atoms with Crippen molar-refractivity contribution in [3.8, 4) is 0 Å². The number of rotatable bonds is 5. The summed E-state index contributed by atoms with van der Waals surface area (Å²) in [6, 6.07) is 16.4. The number of aliphatic hydroxyl groups excluding tert-OH is 1. The normalized spacial score (nSPS) is 14.0. The molecule has 0 amide bonds. The lowest BCUT2D eigenvalue weighted by Crippen LogP contribution is -2.41. The maximum absolute atomic E-state index is 9.96. The van der Waals surface area contributed by atoms with Crippen LogP contribution in [0.15, 0.2) is 53.0 Å². The second-order valence-electron chi connectivity index (χ2n) is 5.32. The van der Waals surface area contributed by atoms with Crippen LogP contribution in [0.5, 0.6) is 0 Å². The van der Waals surface area contributed by atoms with Crippen molar-refractivity contribution < 1.29 is 5.11 Å². The van der Waals surface area contributed by atoms with Crippen LogP contribution in [0.2, 0.25) is 0 Å². The maximum Gasteiger partial charge on any atom is 0.0543 e. The molecule has 0 spiro atoms. The number of aliphatic hydroxyl groups is 1. The summed E-state index contributed by atoms with van der Waals surface area (Å²) in [6.45, 7) is 2.51. The number of hydrogen-bond acceptors (Lipinski definition) is 2. The molecule has 2 aromatic rings. The highest BCUT2D eigenvalue weighted by atomic mass is 79.9. The van der Waals surface area contributed by atoms with E-state index in [2.05, 4.69) is 47.1 Å². The molecular weight excluding hydrogens is 314 g/mol. The minimum atomic E-state index is -0.424. The maximum atomic E-state index is 9.96. The summed E-state index contributed by atoms with van der Waals surface area (Å²) in [6.07, 6.45) is 0.725. The first-order valence-corrected chi connectivity index (χ1v) is 7.51. The molecule has 0 aliphatic heterocycles. The first-order valence-electron chi connectivity index (χ1n) is 6.72. The second kappa shape index (κ2) is 6.53. The van der Waals surface area contributed by atoms with Crippen molar-refractivity contribution in [1.82, 2.24) is 0 Å². The first kappa shape index (κ1) is 15.2. The zero-order valence-corrected chi connectivity index (χ0v) is 13.2. The summed E-state index contributed by atoms with van der Waals surface area (Å²) in [5.41, 5.74) is 9.04. The van der Waals surface area contributed by atoms with Gasteiger partial charge in [-0.25, -0.2) is 0 Å². The molecule has 106 valence electrons. The van der Waals surface area contributed by atoms with Gasteiger partial charge in [-0.05, 0) is 36.6 Å². The van der Waals surface area contributed by atoms with Crippen LogP contribution in [0.25, 0.3) is 0 Å². The Hall–Kier alpha value is -1.16. The Balaban J connectivity index is 2.39. The van der Waals surface area contributed by atoms with Gasteiger partial charge >= 0.3 is 0 Å². The third-order valence-electron chi connectivity index (χ3n) is 3.76. The zero-order chi connectivity index (χ0) is 14.6. The fraction of sp³-hybridized carbons (Fsp3) is 0.294. The molecule has 0 aliphatic carbocycles. The molecule has 2 nitrogen and oxygen atoms in total. The SMILES string of the molecule is Cc1cccc(C(CN)(CO)Cc2cccc(Br)c2)c1. The van der Waals surface area contributed by atoms with Gasteiger partial charge in [0.25, 0.3) is 0 Å².